The third kappa shape index (κ3) is 3.89. The molecule has 23 heavy (non-hydrogen) atoms. The van der Waals surface area contributed by atoms with Gasteiger partial charge in [0, 0.05) is 11.4 Å². The van der Waals surface area contributed by atoms with Crippen LogP contribution >= 0.6 is 0 Å². The normalized spacial score (nSPS) is 12.7. The highest BCUT2D eigenvalue weighted by Gasteiger charge is 2.39. The van der Waals surface area contributed by atoms with Crippen molar-refractivity contribution in [2.24, 2.45) is 0 Å². The number of benzene rings is 2. The van der Waals surface area contributed by atoms with E-state index in [9.17, 15) is 22.2 Å². The van der Waals surface area contributed by atoms with E-state index in [0.717, 1.165) is 11.6 Å². The number of anilines is 2. The molecule has 0 spiro atoms. The van der Waals surface area contributed by atoms with Gasteiger partial charge in [0.15, 0.2) is 10.8 Å². The zero-order chi connectivity index (χ0) is 17.2. The van der Waals surface area contributed by atoms with E-state index in [2.05, 4.69) is 5.32 Å². The van der Waals surface area contributed by atoms with Gasteiger partial charge in [-0.05, 0) is 36.8 Å². The lowest BCUT2D eigenvalue weighted by Crippen LogP contribution is -2.21. The van der Waals surface area contributed by atoms with Gasteiger partial charge in [-0.3, -0.25) is 4.79 Å². The molecule has 4 nitrogen and oxygen atoms in total. The number of nitrogens with one attached hydrogen (secondary N) is 1. The van der Waals surface area contributed by atoms with Crippen molar-refractivity contribution in [2.45, 2.75) is 17.3 Å². The smallest absolute Gasteiger partial charge is 0.398 e. The van der Waals surface area contributed by atoms with E-state index in [0.29, 0.717) is 11.4 Å². The number of halogens is 3. The van der Waals surface area contributed by atoms with E-state index in [1.807, 2.05) is 0 Å². The molecule has 1 unspecified atom stereocenters. The van der Waals surface area contributed by atoms with Crippen LogP contribution in [0, 0.1) is 6.92 Å². The number of nitrogens with two attached hydrogens (primary N) is 1. The average molecular weight is 342 g/mol. The number of carbonyl (C=O) groups is 1. The highest BCUT2D eigenvalue weighted by molar-refractivity contribution is 7.86. The van der Waals surface area contributed by atoms with E-state index in [1.165, 1.54) is 24.3 Å². The minimum atomic E-state index is -4.94. The lowest BCUT2D eigenvalue weighted by Gasteiger charge is -2.12. The average Bonchev–Trinajstić information content (AvgIpc) is 2.49. The largest absolute Gasteiger partial charge is 0.475 e. The van der Waals surface area contributed by atoms with Crippen molar-refractivity contribution in [3.63, 3.8) is 0 Å². The predicted molar refractivity (Wildman–Crippen MR) is 82.5 cm³/mol. The first-order chi connectivity index (χ1) is 10.7. The SMILES string of the molecule is Cc1ccc(NC(=O)c2ccccc2S(=O)C(F)(F)F)cc1N. The third-order valence-corrected chi connectivity index (χ3v) is 4.25. The summed E-state index contributed by atoms with van der Waals surface area (Å²) in [5.41, 5.74) is 2.06. The second-order valence-corrected chi connectivity index (χ2v) is 6.18. The molecule has 1 amide bonds. The molecule has 0 bridgehead atoms. The lowest BCUT2D eigenvalue weighted by molar-refractivity contribution is -0.0384. The van der Waals surface area contributed by atoms with Crippen LogP contribution in [0.3, 0.4) is 0 Å². The van der Waals surface area contributed by atoms with Crippen molar-refractivity contribution in [1.82, 2.24) is 0 Å². The van der Waals surface area contributed by atoms with Crippen LogP contribution in [0.1, 0.15) is 15.9 Å². The van der Waals surface area contributed by atoms with Crippen LogP contribution in [0.4, 0.5) is 24.5 Å². The van der Waals surface area contributed by atoms with Crippen LogP contribution in [-0.4, -0.2) is 15.6 Å². The first-order valence-corrected chi connectivity index (χ1v) is 7.60. The standard InChI is InChI=1S/C15H13F3N2O2S/c1-9-6-7-10(8-12(9)19)20-14(21)11-4-2-3-5-13(11)23(22)15(16,17)18/h2-8H,19H2,1H3,(H,20,21). The maximum atomic E-state index is 12.7. The second kappa shape index (κ2) is 6.41. The first kappa shape index (κ1) is 17.0. The zero-order valence-corrected chi connectivity index (χ0v) is 12.8. The number of aryl methyl sites for hydroxylation is 1. The summed E-state index contributed by atoms with van der Waals surface area (Å²) in [6.07, 6.45) is 0. The van der Waals surface area contributed by atoms with Gasteiger partial charge < -0.3 is 11.1 Å². The molecule has 1 atom stereocenters. The van der Waals surface area contributed by atoms with Crippen LogP contribution in [0.2, 0.25) is 0 Å². The summed E-state index contributed by atoms with van der Waals surface area (Å²) in [5.74, 6) is -0.790. The molecule has 8 heteroatoms. The molecule has 2 aromatic rings. The summed E-state index contributed by atoms with van der Waals surface area (Å²) in [6.45, 7) is 1.78. The molecule has 0 aliphatic rings. The molecule has 3 N–H and O–H groups in total. The van der Waals surface area contributed by atoms with E-state index in [1.54, 1.807) is 19.1 Å². The van der Waals surface area contributed by atoms with E-state index in [4.69, 9.17) is 5.73 Å². The summed E-state index contributed by atoms with van der Waals surface area (Å²) in [4.78, 5) is 11.6. The van der Waals surface area contributed by atoms with Crippen molar-refractivity contribution in [3.05, 3.63) is 53.6 Å². The van der Waals surface area contributed by atoms with Gasteiger partial charge in [0.2, 0.25) is 0 Å². The predicted octanol–water partition coefficient (Wildman–Crippen LogP) is 3.46. The number of carbonyl (C=O) groups excluding carboxylic acids is 1. The van der Waals surface area contributed by atoms with Crippen molar-refractivity contribution >= 4 is 28.1 Å². The highest BCUT2D eigenvalue weighted by atomic mass is 32.2. The van der Waals surface area contributed by atoms with Gasteiger partial charge in [-0.2, -0.15) is 13.2 Å². The molecule has 0 heterocycles. The number of alkyl halides is 3. The second-order valence-electron chi connectivity index (χ2n) is 4.74. The van der Waals surface area contributed by atoms with Gasteiger partial charge in [-0.1, -0.05) is 18.2 Å². The minimum Gasteiger partial charge on any atom is -0.398 e. The summed E-state index contributed by atoms with van der Waals surface area (Å²) in [7, 11) is -3.28. The summed E-state index contributed by atoms with van der Waals surface area (Å²) in [5, 5.41) is 2.45. The van der Waals surface area contributed by atoms with E-state index < -0.39 is 27.1 Å². The number of amides is 1. The van der Waals surface area contributed by atoms with Crippen LogP contribution in [-0.2, 0) is 10.8 Å². The van der Waals surface area contributed by atoms with Gasteiger partial charge in [0.25, 0.3) is 5.91 Å². The third-order valence-electron chi connectivity index (χ3n) is 3.08. The quantitative estimate of drug-likeness (QED) is 0.839. The topological polar surface area (TPSA) is 72.2 Å². The van der Waals surface area contributed by atoms with E-state index >= 15 is 0 Å². The van der Waals surface area contributed by atoms with Gasteiger partial charge in [-0.15, -0.1) is 0 Å². The molecule has 0 saturated heterocycles. The molecule has 0 aliphatic carbocycles. The molecular formula is C15H13F3N2O2S. The maximum absolute atomic E-state index is 12.7. The summed E-state index contributed by atoms with van der Waals surface area (Å²) in [6, 6.07) is 9.64. The molecule has 0 radical (unpaired) electrons. The Labute approximate surface area is 133 Å². The van der Waals surface area contributed by atoms with Crippen LogP contribution in [0.15, 0.2) is 47.4 Å². The molecule has 122 valence electrons. The molecule has 2 rings (SSSR count). The Kier molecular flexibility index (Phi) is 4.74. The Bertz CT molecular complexity index is 776. The number of nitrogen functional groups attached to an aromatic ring is 1. The Morgan fingerprint density at radius 3 is 2.43 bits per heavy atom. The molecular weight excluding hydrogens is 329 g/mol. The number of hydrogen-bond acceptors (Lipinski definition) is 3. The monoisotopic (exact) mass is 342 g/mol. The fourth-order valence-electron chi connectivity index (χ4n) is 1.86. The summed E-state index contributed by atoms with van der Waals surface area (Å²) < 4.78 is 49.5. The van der Waals surface area contributed by atoms with Gasteiger partial charge in [0.05, 0.1) is 10.5 Å². The molecule has 2 aromatic carbocycles. The Balaban J connectivity index is 2.33. The van der Waals surface area contributed by atoms with Crippen molar-refractivity contribution in [3.8, 4) is 0 Å². The highest BCUT2D eigenvalue weighted by Crippen LogP contribution is 2.29. The fourth-order valence-corrected chi connectivity index (χ4v) is 2.67. The fraction of sp³-hybridized carbons (Fsp3) is 0.133. The lowest BCUT2D eigenvalue weighted by atomic mass is 10.1. The van der Waals surface area contributed by atoms with Crippen molar-refractivity contribution < 1.29 is 22.2 Å². The summed E-state index contributed by atoms with van der Waals surface area (Å²) >= 11 is 0. The van der Waals surface area contributed by atoms with Crippen LogP contribution in [0.25, 0.3) is 0 Å². The van der Waals surface area contributed by atoms with Crippen molar-refractivity contribution in [2.75, 3.05) is 11.1 Å². The van der Waals surface area contributed by atoms with Gasteiger partial charge in [-0.25, -0.2) is 4.21 Å². The maximum Gasteiger partial charge on any atom is 0.475 e. The first-order valence-electron chi connectivity index (χ1n) is 6.45. The molecule has 0 fully saturated rings. The Morgan fingerprint density at radius 1 is 1.17 bits per heavy atom. The Morgan fingerprint density at radius 2 is 1.83 bits per heavy atom. The number of rotatable bonds is 3. The number of hydrogen-bond donors (Lipinski definition) is 2. The van der Waals surface area contributed by atoms with Crippen molar-refractivity contribution in [1.29, 1.82) is 0 Å². The van der Waals surface area contributed by atoms with Gasteiger partial charge in [0.1, 0.15) is 0 Å². The minimum absolute atomic E-state index is 0.303. The van der Waals surface area contributed by atoms with E-state index in [-0.39, 0.29) is 5.56 Å². The molecule has 0 aliphatic heterocycles. The van der Waals surface area contributed by atoms with Crippen LogP contribution < -0.4 is 11.1 Å². The van der Waals surface area contributed by atoms with Crippen LogP contribution in [0.5, 0.6) is 0 Å². The zero-order valence-electron chi connectivity index (χ0n) is 12.0. The molecule has 0 saturated carbocycles. The van der Waals surface area contributed by atoms with Gasteiger partial charge >= 0.3 is 5.51 Å². The Hall–Kier alpha value is -2.35. The molecule has 0 aromatic heterocycles.